The lowest BCUT2D eigenvalue weighted by Crippen LogP contribution is -2.43. The number of fused-ring (bicyclic) bond motifs is 2. The molecule has 0 amide bonds. The number of aryl methyl sites for hydroxylation is 2. The summed E-state index contributed by atoms with van der Waals surface area (Å²) in [6, 6.07) is 13.4. The number of piperidine rings is 1. The van der Waals surface area contributed by atoms with Crippen molar-refractivity contribution in [3.05, 3.63) is 68.5 Å². The van der Waals surface area contributed by atoms with Gasteiger partial charge in [-0.2, -0.15) is 5.26 Å². The Balaban J connectivity index is 1.69. The van der Waals surface area contributed by atoms with Gasteiger partial charge in [-0.1, -0.05) is 18.2 Å². The van der Waals surface area contributed by atoms with E-state index in [1.807, 2.05) is 41.8 Å². The van der Waals surface area contributed by atoms with Gasteiger partial charge >= 0.3 is 5.69 Å². The third-order valence-corrected chi connectivity index (χ3v) is 6.71. The van der Waals surface area contributed by atoms with Crippen LogP contribution in [-0.2, 0) is 20.1 Å². The van der Waals surface area contributed by atoms with Crippen LogP contribution >= 0.6 is 0 Å². The highest BCUT2D eigenvalue weighted by Gasteiger charge is 2.24. The molecule has 0 radical (unpaired) electrons. The van der Waals surface area contributed by atoms with E-state index < -0.39 is 5.69 Å². The molecular weight excluding hydrogens is 430 g/mol. The zero-order valence-electron chi connectivity index (χ0n) is 19.4. The summed E-state index contributed by atoms with van der Waals surface area (Å²) in [6.07, 6.45) is 1.97. The van der Waals surface area contributed by atoms with Gasteiger partial charge in [0.25, 0.3) is 5.56 Å². The van der Waals surface area contributed by atoms with E-state index in [2.05, 4.69) is 16.0 Å². The van der Waals surface area contributed by atoms with E-state index >= 15 is 0 Å². The topological polar surface area (TPSA) is 115 Å². The summed E-state index contributed by atoms with van der Waals surface area (Å²) >= 11 is 0. The number of aromatic nitrogens is 4. The molecule has 1 fully saturated rings. The Hall–Kier alpha value is -3.90. The number of pyridine rings is 1. The Kier molecular flexibility index (Phi) is 5.46. The molecule has 1 aliphatic heterocycles. The van der Waals surface area contributed by atoms with Gasteiger partial charge < -0.3 is 15.2 Å². The van der Waals surface area contributed by atoms with Crippen LogP contribution in [0.2, 0.25) is 0 Å². The SMILES string of the molecule is CCn1c(N2CCC[C@@H](N)C2)cc2c1c(=O)n(Cc1nc3ccccc3cc1C#N)c(=O)n2C. The average molecular weight is 458 g/mol. The fraction of sp³-hybridized carbons (Fsp3) is 0.360. The normalized spacial score (nSPS) is 16.3. The molecule has 3 aromatic heterocycles. The summed E-state index contributed by atoms with van der Waals surface area (Å²) in [7, 11) is 1.67. The highest BCUT2D eigenvalue weighted by molar-refractivity contribution is 5.82. The summed E-state index contributed by atoms with van der Waals surface area (Å²) in [5.41, 5.74) is 7.90. The maximum atomic E-state index is 13.7. The Morgan fingerprint density at radius 2 is 2.00 bits per heavy atom. The van der Waals surface area contributed by atoms with Crippen molar-refractivity contribution in [1.29, 1.82) is 5.26 Å². The van der Waals surface area contributed by atoms with Crippen LogP contribution in [0.4, 0.5) is 5.82 Å². The minimum atomic E-state index is -0.438. The molecule has 1 atom stereocenters. The van der Waals surface area contributed by atoms with Crippen molar-refractivity contribution in [2.24, 2.45) is 12.8 Å². The highest BCUT2D eigenvalue weighted by Crippen LogP contribution is 2.26. The van der Waals surface area contributed by atoms with Crippen molar-refractivity contribution in [2.45, 2.75) is 38.9 Å². The van der Waals surface area contributed by atoms with Crippen LogP contribution in [0.15, 0.2) is 46.0 Å². The number of anilines is 1. The van der Waals surface area contributed by atoms with Crippen LogP contribution in [0.3, 0.4) is 0 Å². The van der Waals surface area contributed by atoms with E-state index in [1.54, 1.807) is 13.1 Å². The molecule has 0 bridgehead atoms. The number of para-hydroxylation sites is 1. The Morgan fingerprint density at radius 3 is 2.74 bits per heavy atom. The molecule has 4 heterocycles. The summed E-state index contributed by atoms with van der Waals surface area (Å²) in [5.74, 6) is 0.902. The van der Waals surface area contributed by atoms with Gasteiger partial charge in [0.2, 0.25) is 0 Å². The molecule has 0 unspecified atom stereocenters. The number of hydrogen-bond donors (Lipinski definition) is 1. The lowest BCUT2D eigenvalue weighted by atomic mass is 10.1. The van der Waals surface area contributed by atoms with Crippen molar-refractivity contribution >= 4 is 27.8 Å². The van der Waals surface area contributed by atoms with Crippen LogP contribution in [0.25, 0.3) is 21.9 Å². The second kappa shape index (κ2) is 8.47. The lowest BCUT2D eigenvalue weighted by Gasteiger charge is -2.33. The Bertz CT molecular complexity index is 1570. The second-order valence-corrected chi connectivity index (χ2v) is 8.85. The average Bonchev–Trinajstić information content (AvgIpc) is 3.25. The third-order valence-electron chi connectivity index (χ3n) is 6.71. The second-order valence-electron chi connectivity index (χ2n) is 8.85. The Labute approximate surface area is 196 Å². The largest absolute Gasteiger partial charge is 0.356 e. The van der Waals surface area contributed by atoms with Crippen LogP contribution in [0.5, 0.6) is 0 Å². The van der Waals surface area contributed by atoms with Gasteiger partial charge in [-0.3, -0.25) is 13.9 Å². The molecule has 0 aliphatic carbocycles. The van der Waals surface area contributed by atoms with Gasteiger partial charge in [0.05, 0.1) is 28.8 Å². The number of nitrogens with two attached hydrogens (primary N) is 1. The number of rotatable bonds is 4. The molecule has 2 N–H and O–H groups in total. The number of nitrogens with zero attached hydrogens (tertiary/aromatic N) is 6. The predicted octanol–water partition coefficient (Wildman–Crippen LogP) is 1.92. The van der Waals surface area contributed by atoms with E-state index in [9.17, 15) is 14.9 Å². The van der Waals surface area contributed by atoms with Crippen molar-refractivity contribution in [2.75, 3.05) is 18.0 Å². The number of hydrogen-bond acceptors (Lipinski definition) is 6. The van der Waals surface area contributed by atoms with Crippen LogP contribution in [-0.4, -0.2) is 37.8 Å². The molecule has 5 rings (SSSR count). The molecule has 1 aromatic carbocycles. The molecule has 0 spiro atoms. The quantitative estimate of drug-likeness (QED) is 0.501. The zero-order chi connectivity index (χ0) is 24.0. The van der Waals surface area contributed by atoms with Gasteiger partial charge in [-0.25, -0.2) is 9.78 Å². The number of benzene rings is 1. The first-order chi connectivity index (χ1) is 16.4. The third kappa shape index (κ3) is 3.47. The first kappa shape index (κ1) is 21.9. The van der Waals surface area contributed by atoms with E-state index in [0.29, 0.717) is 40.9 Å². The highest BCUT2D eigenvalue weighted by atomic mass is 16.2. The fourth-order valence-electron chi connectivity index (χ4n) is 4.96. The zero-order valence-corrected chi connectivity index (χ0v) is 19.4. The van der Waals surface area contributed by atoms with Crippen LogP contribution in [0, 0.1) is 11.3 Å². The first-order valence-electron chi connectivity index (χ1n) is 11.5. The van der Waals surface area contributed by atoms with E-state index in [-0.39, 0.29) is 18.1 Å². The molecule has 4 aromatic rings. The Morgan fingerprint density at radius 1 is 1.21 bits per heavy atom. The van der Waals surface area contributed by atoms with Crippen molar-refractivity contribution < 1.29 is 0 Å². The molecule has 9 heteroatoms. The molecule has 1 aliphatic rings. The molecule has 9 nitrogen and oxygen atoms in total. The van der Waals surface area contributed by atoms with Gasteiger partial charge in [-0.15, -0.1) is 0 Å². The van der Waals surface area contributed by atoms with Crippen LogP contribution < -0.4 is 21.9 Å². The fourth-order valence-corrected chi connectivity index (χ4v) is 4.96. The van der Waals surface area contributed by atoms with Crippen molar-refractivity contribution in [1.82, 2.24) is 18.7 Å². The van der Waals surface area contributed by atoms with E-state index in [1.165, 1.54) is 9.13 Å². The van der Waals surface area contributed by atoms with Gasteiger partial charge in [-0.05, 0) is 31.9 Å². The predicted molar refractivity (Wildman–Crippen MR) is 132 cm³/mol. The van der Waals surface area contributed by atoms with Crippen molar-refractivity contribution in [3.63, 3.8) is 0 Å². The summed E-state index contributed by atoms with van der Waals surface area (Å²) < 4.78 is 4.65. The standard InChI is InChI=1S/C25H27N7O2/c1-3-31-22(30-10-6-8-18(27)14-30)12-21-23(31)24(33)32(25(34)29(21)2)15-20-17(13-26)11-16-7-4-5-9-19(16)28-20/h4-5,7,9,11-12,18H,3,6,8,10,14-15,27H2,1-2H3/t18-/m1/s1. The van der Waals surface area contributed by atoms with Gasteiger partial charge in [0.15, 0.2) is 0 Å². The molecule has 34 heavy (non-hydrogen) atoms. The minimum Gasteiger partial charge on any atom is -0.356 e. The maximum absolute atomic E-state index is 13.7. The van der Waals surface area contributed by atoms with Crippen molar-refractivity contribution in [3.8, 4) is 6.07 Å². The summed E-state index contributed by atoms with van der Waals surface area (Å²) in [5, 5.41) is 10.5. The maximum Gasteiger partial charge on any atom is 0.331 e. The smallest absolute Gasteiger partial charge is 0.331 e. The van der Waals surface area contributed by atoms with Gasteiger partial charge in [0, 0.05) is 44.2 Å². The minimum absolute atomic E-state index is 0.0754. The summed E-state index contributed by atoms with van der Waals surface area (Å²) in [4.78, 5) is 33.8. The van der Waals surface area contributed by atoms with Crippen LogP contribution in [0.1, 0.15) is 31.0 Å². The molecule has 1 saturated heterocycles. The van der Waals surface area contributed by atoms with E-state index in [4.69, 9.17) is 5.73 Å². The summed E-state index contributed by atoms with van der Waals surface area (Å²) in [6.45, 7) is 4.06. The first-order valence-corrected chi connectivity index (χ1v) is 11.5. The molecule has 0 saturated carbocycles. The lowest BCUT2D eigenvalue weighted by molar-refractivity contribution is 0.498. The molecular formula is C25H27N7O2. The van der Waals surface area contributed by atoms with E-state index in [0.717, 1.165) is 30.6 Å². The monoisotopic (exact) mass is 457 g/mol. The number of nitriles is 1. The van der Waals surface area contributed by atoms with Gasteiger partial charge in [0.1, 0.15) is 17.4 Å². The molecule has 174 valence electrons.